The van der Waals surface area contributed by atoms with E-state index in [9.17, 15) is 0 Å². The fraction of sp³-hybridized carbons (Fsp3) is 0.917. The van der Waals surface area contributed by atoms with Crippen LogP contribution in [-0.4, -0.2) is 17.7 Å². The van der Waals surface area contributed by atoms with Crippen molar-refractivity contribution in [3.8, 4) is 0 Å². The highest BCUT2D eigenvalue weighted by Crippen LogP contribution is 2.28. The van der Waals surface area contributed by atoms with Crippen LogP contribution >= 0.6 is 12.2 Å². The van der Waals surface area contributed by atoms with Crippen molar-refractivity contribution in [3.05, 3.63) is 0 Å². The predicted molar refractivity (Wildman–Crippen MR) is 70.0 cm³/mol. The Kier molecular flexibility index (Phi) is 5.37. The van der Waals surface area contributed by atoms with Gasteiger partial charge in [0.05, 0.1) is 0 Å². The highest BCUT2D eigenvalue weighted by atomic mass is 32.1. The van der Waals surface area contributed by atoms with E-state index in [1.54, 1.807) is 0 Å². The first-order chi connectivity index (χ1) is 7.11. The quantitative estimate of drug-likeness (QED) is 0.726. The highest BCUT2D eigenvalue weighted by Gasteiger charge is 2.23. The van der Waals surface area contributed by atoms with Crippen molar-refractivity contribution in [2.75, 3.05) is 6.54 Å². The molecule has 2 unspecified atom stereocenters. The molecule has 3 heteroatoms. The van der Waals surface area contributed by atoms with Crippen LogP contribution in [0, 0.1) is 11.8 Å². The predicted octanol–water partition coefficient (Wildman–Crippen LogP) is 2.69. The molecule has 88 valence electrons. The Morgan fingerprint density at radius 2 is 1.80 bits per heavy atom. The van der Waals surface area contributed by atoms with Crippen LogP contribution < -0.4 is 10.6 Å². The van der Waals surface area contributed by atoms with Crippen molar-refractivity contribution in [1.82, 2.24) is 10.6 Å². The van der Waals surface area contributed by atoms with Gasteiger partial charge in [-0.3, -0.25) is 0 Å². The summed E-state index contributed by atoms with van der Waals surface area (Å²) >= 11 is 5.26. The zero-order chi connectivity index (χ0) is 11.3. The summed E-state index contributed by atoms with van der Waals surface area (Å²) in [4.78, 5) is 0. The van der Waals surface area contributed by atoms with E-state index in [0.29, 0.717) is 6.04 Å². The molecule has 1 saturated carbocycles. The van der Waals surface area contributed by atoms with Crippen LogP contribution in [0.3, 0.4) is 0 Å². The molecule has 0 aromatic heterocycles. The molecule has 0 saturated heterocycles. The minimum atomic E-state index is 0.584. The van der Waals surface area contributed by atoms with E-state index in [1.807, 2.05) is 0 Å². The van der Waals surface area contributed by atoms with Gasteiger partial charge in [0.25, 0.3) is 0 Å². The number of thiocarbonyl (C=S) groups is 1. The molecule has 2 atom stereocenters. The van der Waals surface area contributed by atoms with Gasteiger partial charge in [0.1, 0.15) is 0 Å². The van der Waals surface area contributed by atoms with Gasteiger partial charge in [-0.2, -0.15) is 0 Å². The van der Waals surface area contributed by atoms with Crippen LogP contribution in [0.25, 0.3) is 0 Å². The molecular weight excluding hydrogens is 204 g/mol. The number of nitrogens with one attached hydrogen (secondary N) is 2. The first-order valence-corrected chi connectivity index (χ1v) is 6.57. The summed E-state index contributed by atoms with van der Waals surface area (Å²) in [6.45, 7) is 7.81. The summed E-state index contributed by atoms with van der Waals surface area (Å²) in [6.07, 6.45) is 5.02. The number of hydrogen-bond acceptors (Lipinski definition) is 1. The largest absolute Gasteiger partial charge is 0.363 e. The van der Waals surface area contributed by atoms with Crippen molar-refractivity contribution in [1.29, 1.82) is 0 Å². The van der Waals surface area contributed by atoms with Crippen LogP contribution in [0.15, 0.2) is 0 Å². The minimum Gasteiger partial charge on any atom is -0.363 e. The average molecular weight is 228 g/mol. The summed E-state index contributed by atoms with van der Waals surface area (Å²) in [5, 5.41) is 7.50. The van der Waals surface area contributed by atoms with Gasteiger partial charge in [-0.05, 0) is 49.7 Å². The first-order valence-electron chi connectivity index (χ1n) is 6.16. The molecule has 1 rings (SSSR count). The molecule has 1 aliphatic carbocycles. The van der Waals surface area contributed by atoms with E-state index in [1.165, 1.54) is 19.3 Å². The van der Waals surface area contributed by atoms with Crippen LogP contribution in [0.4, 0.5) is 0 Å². The van der Waals surface area contributed by atoms with E-state index in [4.69, 9.17) is 12.2 Å². The summed E-state index contributed by atoms with van der Waals surface area (Å²) in [7, 11) is 0. The Bertz CT molecular complexity index is 196. The zero-order valence-corrected chi connectivity index (χ0v) is 11.0. The molecule has 0 radical (unpaired) electrons. The molecule has 1 aliphatic rings. The molecule has 0 aromatic rings. The molecule has 0 amide bonds. The SMILES string of the molecule is CCCNC(=S)NC1CC(C)CC(C)C1. The van der Waals surface area contributed by atoms with Crippen molar-refractivity contribution in [2.24, 2.45) is 11.8 Å². The molecular formula is C12H24N2S. The summed E-state index contributed by atoms with van der Waals surface area (Å²) < 4.78 is 0. The molecule has 0 bridgehead atoms. The standard InChI is InChI=1S/C12H24N2S/c1-4-5-13-12(15)14-11-7-9(2)6-10(3)8-11/h9-11H,4-8H2,1-3H3,(H2,13,14,15). The third-order valence-corrected chi connectivity index (χ3v) is 3.31. The summed E-state index contributed by atoms with van der Waals surface area (Å²) in [5.74, 6) is 1.67. The van der Waals surface area contributed by atoms with Crippen molar-refractivity contribution in [2.45, 2.75) is 52.5 Å². The summed E-state index contributed by atoms with van der Waals surface area (Å²) in [6, 6.07) is 0.584. The molecule has 0 heterocycles. The second kappa shape index (κ2) is 6.31. The van der Waals surface area contributed by atoms with Crippen LogP contribution in [-0.2, 0) is 0 Å². The van der Waals surface area contributed by atoms with Crippen molar-refractivity contribution in [3.63, 3.8) is 0 Å². The lowest BCUT2D eigenvalue weighted by molar-refractivity contribution is 0.256. The molecule has 2 N–H and O–H groups in total. The Hall–Kier alpha value is -0.310. The first kappa shape index (κ1) is 12.8. The third-order valence-electron chi connectivity index (χ3n) is 3.05. The maximum Gasteiger partial charge on any atom is 0.166 e. The molecule has 2 nitrogen and oxygen atoms in total. The van der Waals surface area contributed by atoms with E-state index in [-0.39, 0.29) is 0 Å². The number of hydrogen-bond donors (Lipinski definition) is 2. The second-order valence-electron chi connectivity index (χ2n) is 5.01. The van der Waals surface area contributed by atoms with E-state index < -0.39 is 0 Å². The van der Waals surface area contributed by atoms with Crippen LogP contribution in [0.2, 0.25) is 0 Å². The smallest absolute Gasteiger partial charge is 0.166 e. The molecule has 1 fully saturated rings. The molecule has 15 heavy (non-hydrogen) atoms. The molecule has 0 spiro atoms. The van der Waals surface area contributed by atoms with Gasteiger partial charge in [0.15, 0.2) is 5.11 Å². The van der Waals surface area contributed by atoms with Gasteiger partial charge in [0, 0.05) is 12.6 Å². The maximum atomic E-state index is 5.26. The van der Waals surface area contributed by atoms with Gasteiger partial charge in [-0.1, -0.05) is 20.8 Å². The van der Waals surface area contributed by atoms with E-state index >= 15 is 0 Å². The lowest BCUT2D eigenvalue weighted by Crippen LogP contribution is -2.45. The van der Waals surface area contributed by atoms with Gasteiger partial charge < -0.3 is 10.6 Å². The van der Waals surface area contributed by atoms with Gasteiger partial charge >= 0.3 is 0 Å². The van der Waals surface area contributed by atoms with Crippen LogP contribution in [0.1, 0.15) is 46.5 Å². The Balaban J connectivity index is 2.27. The minimum absolute atomic E-state index is 0.584. The summed E-state index contributed by atoms with van der Waals surface area (Å²) in [5.41, 5.74) is 0. The monoisotopic (exact) mass is 228 g/mol. The van der Waals surface area contributed by atoms with Crippen molar-refractivity contribution >= 4 is 17.3 Å². The van der Waals surface area contributed by atoms with Gasteiger partial charge in [-0.25, -0.2) is 0 Å². The lowest BCUT2D eigenvalue weighted by Gasteiger charge is -2.32. The maximum absolute atomic E-state index is 5.26. The highest BCUT2D eigenvalue weighted by molar-refractivity contribution is 7.80. The van der Waals surface area contributed by atoms with Crippen LogP contribution in [0.5, 0.6) is 0 Å². The third kappa shape index (κ3) is 4.83. The normalized spacial score (nSPS) is 31.0. The fourth-order valence-electron chi connectivity index (χ4n) is 2.54. The van der Waals surface area contributed by atoms with Gasteiger partial charge in [0.2, 0.25) is 0 Å². The Morgan fingerprint density at radius 1 is 1.20 bits per heavy atom. The Morgan fingerprint density at radius 3 is 2.33 bits per heavy atom. The van der Waals surface area contributed by atoms with Gasteiger partial charge in [-0.15, -0.1) is 0 Å². The molecule has 0 aromatic carbocycles. The average Bonchev–Trinajstić information content (AvgIpc) is 2.13. The van der Waals surface area contributed by atoms with E-state index in [2.05, 4.69) is 31.4 Å². The molecule has 0 aliphatic heterocycles. The lowest BCUT2D eigenvalue weighted by atomic mass is 9.80. The topological polar surface area (TPSA) is 24.1 Å². The Labute approximate surface area is 99.2 Å². The zero-order valence-electron chi connectivity index (χ0n) is 10.2. The second-order valence-corrected chi connectivity index (χ2v) is 5.42. The van der Waals surface area contributed by atoms with Crippen molar-refractivity contribution < 1.29 is 0 Å². The number of rotatable bonds is 3. The van der Waals surface area contributed by atoms with E-state index in [0.717, 1.165) is 29.9 Å². The fourth-order valence-corrected chi connectivity index (χ4v) is 2.81.